The first-order chi connectivity index (χ1) is 7.49. The highest BCUT2D eigenvalue weighted by atomic mass is 35.5. The third kappa shape index (κ3) is 5.50. The Morgan fingerprint density at radius 1 is 1.12 bits per heavy atom. The van der Waals surface area contributed by atoms with Gasteiger partial charge in [0.2, 0.25) is 0 Å². The standard InChI is InChI=1S/C13H21ClN2/c1-13(2,3)16-9-8-15-10-11-6-4-5-7-12(11)14/h4-7,15-16H,8-10H2,1-3H3. The van der Waals surface area contributed by atoms with Gasteiger partial charge in [0.25, 0.3) is 0 Å². The quantitative estimate of drug-likeness (QED) is 0.774. The monoisotopic (exact) mass is 240 g/mol. The van der Waals surface area contributed by atoms with Gasteiger partial charge in [-0.05, 0) is 32.4 Å². The number of hydrogen-bond donors (Lipinski definition) is 2. The van der Waals surface area contributed by atoms with Gasteiger partial charge in [0, 0.05) is 30.2 Å². The normalized spacial score (nSPS) is 11.8. The maximum atomic E-state index is 6.05. The van der Waals surface area contributed by atoms with Crippen molar-refractivity contribution in [2.75, 3.05) is 13.1 Å². The molecule has 0 atom stereocenters. The minimum atomic E-state index is 0.187. The molecule has 0 aliphatic carbocycles. The molecule has 3 heteroatoms. The second-order valence-corrected chi connectivity index (χ2v) is 5.35. The van der Waals surface area contributed by atoms with Gasteiger partial charge in [-0.25, -0.2) is 0 Å². The second kappa shape index (κ2) is 6.24. The van der Waals surface area contributed by atoms with Gasteiger partial charge >= 0.3 is 0 Å². The Labute approximate surface area is 103 Å². The summed E-state index contributed by atoms with van der Waals surface area (Å²) in [5, 5.41) is 7.63. The van der Waals surface area contributed by atoms with Crippen molar-refractivity contribution in [3.63, 3.8) is 0 Å². The molecule has 0 aromatic heterocycles. The Balaban J connectivity index is 2.19. The van der Waals surface area contributed by atoms with E-state index in [-0.39, 0.29) is 5.54 Å². The summed E-state index contributed by atoms with van der Waals surface area (Å²) in [6, 6.07) is 7.93. The van der Waals surface area contributed by atoms with E-state index < -0.39 is 0 Å². The summed E-state index contributed by atoms with van der Waals surface area (Å²) in [7, 11) is 0. The van der Waals surface area contributed by atoms with Gasteiger partial charge in [-0.3, -0.25) is 0 Å². The van der Waals surface area contributed by atoms with Crippen molar-refractivity contribution >= 4 is 11.6 Å². The zero-order valence-electron chi connectivity index (χ0n) is 10.3. The molecule has 1 aromatic rings. The largest absolute Gasteiger partial charge is 0.311 e. The molecule has 1 aromatic carbocycles. The molecule has 90 valence electrons. The van der Waals surface area contributed by atoms with Crippen LogP contribution in [-0.2, 0) is 6.54 Å². The summed E-state index contributed by atoms with van der Waals surface area (Å²) in [6.07, 6.45) is 0. The van der Waals surface area contributed by atoms with Crippen LogP contribution in [0.15, 0.2) is 24.3 Å². The molecule has 0 aliphatic heterocycles. The first kappa shape index (κ1) is 13.5. The molecule has 0 bridgehead atoms. The lowest BCUT2D eigenvalue weighted by Gasteiger charge is -2.20. The fourth-order valence-corrected chi connectivity index (χ4v) is 1.59. The molecular weight excluding hydrogens is 220 g/mol. The van der Waals surface area contributed by atoms with E-state index in [1.54, 1.807) is 0 Å². The highest BCUT2D eigenvalue weighted by Crippen LogP contribution is 2.13. The average molecular weight is 241 g/mol. The summed E-state index contributed by atoms with van der Waals surface area (Å²) < 4.78 is 0. The third-order valence-electron chi connectivity index (χ3n) is 2.23. The molecule has 0 heterocycles. The van der Waals surface area contributed by atoms with Crippen LogP contribution in [-0.4, -0.2) is 18.6 Å². The first-order valence-electron chi connectivity index (χ1n) is 5.68. The summed E-state index contributed by atoms with van der Waals surface area (Å²) in [4.78, 5) is 0. The van der Waals surface area contributed by atoms with Crippen molar-refractivity contribution in [2.45, 2.75) is 32.9 Å². The average Bonchev–Trinajstić information content (AvgIpc) is 2.18. The lowest BCUT2D eigenvalue weighted by Crippen LogP contribution is -2.40. The van der Waals surface area contributed by atoms with E-state index in [4.69, 9.17) is 11.6 Å². The Morgan fingerprint density at radius 2 is 1.81 bits per heavy atom. The van der Waals surface area contributed by atoms with Crippen molar-refractivity contribution < 1.29 is 0 Å². The van der Waals surface area contributed by atoms with Gasteiger partial charge in [0.15, 0.2) is 0 Å². The lowest BCUT2D eigenvalue weighted by atomic mass is 10.1. The minimum Gasteiger partial charge on any atom is -0.311 e. The minimum absolute atomic E-state index is 0.187. The fourth-order valence-electron chi connectivity index (χ4n) is 1.39. The molecule has 2 nitrogen and oxygen atoms in total. The summed E-state index contributed by atoms with van der Waals surface area (Å²) >= 11 is 6.05. The predicted molar refractivity (Wildman–Crippen MR) is 70.9 cm³/mol. The van der Waals surface area contributed by atoms with E-state index in [0.29, 0.717) is 0 Å². The summed E-state index contributed by atoms with van der Waals surface area (Å²) in [5.41, 5.74) is 1.34. The molecule has 0 saturated carbocycles. The number of rotatable bonds is 5. The second-order valence-electron chi connectivity index (χ2n) is 4.94. The van der Waals surface area contributed by atoms with Crippen LogP contribution in [0.3, 0.4) is 0 Å². The zero-order chi connectivity index (χ0) is 12.0. The highest BCUT2D eigenvalue weighted by molar-refractivity contribution is 6.31. The van der Waals surface area contributed by atoms with Crippen molar-refractivity contribution in [3.8, 4) is 0 Å². The molecule has 2 N–H and O–H groups in total. The molecule has 0 fully saturated rings. The van der Waals surface area contributed by atoms with Crippen LogP contribution in [0, 0.1) is 0 Å². The van der Waals surface area contributed by atoms with E-state index in [2.05, 4.69) is 31.4 Å². The van der Waals surface area contributed by atoms with Crippen LogP contribution in [0.4, 0.5) is 0 Å². The smallest absolute Gasteiger partial charge is 0.0450 e. The van der Waals surface area contributed by atoms with Crippen LogP contribution in [0.1, 0.15) is 26.3 Å². The maximum absolute atomic E-state index is 6.05. The Hall–Kier alpha value is -0.570. The number of benzene rings is 1. The molecule has 0 radical (unpaired) electrons. The highest BCUT2D eigenvalue weighted by Gasteiger charge is 2.06. The van der Waals surface area contributed by atoms with Crippen LogP contribution >= 0.6 is 11.6 Å². The first-order valence-corrected chi connectivity index (χ1v) is 6.06. The van der Waals surface area contributed by atoms with Gasteiger partial charge in [-0.15, -0.1) is 0 Å². The molecule has 0 spiro atoms. The molecular formula is C13H21ClN2. The Morgan fingerprint density at radius 3 is 2.44 bits per heavy atom. The third-order valence-corrected chi connectivity index (χ3v) is 2.60. The molecule has 16 heavy (non-hydrogen) atoms. The van der Waals surface area contributed by atoms with E-state index in [1.165, 1.54) is 0 Å². The van der Waals surface area contributed by atoms with Crippen molar-refractivity contribution in [1.29, 1.82) is 0 Å². The van der Waals surface area contributed by atoms with Crippen LogP contribution < -0.4 is 10.6 Å². The Bertz CT molecular complexity index is 318. The van der Waals surface area contributed by atoms with Crippen molar-refractivity contribution in [1.82, 2.24) is 10.6 Å². The SMILES string of the molecule is CC(C)(C)NCCNCc1ccccc1Cl. The fraction of sp³-hybridized carbons (Fsp3) is 0.538. The molecule has 1 rings (SSSR count). The summed E-state index contributed by atoms with van der Waals surface area (Å²) in [5.74, 6) is 0. The van der Waals surface area contributed by atoms with Crippen molar-refractivity contribution in [2.24, 2.45) is 0 Å². The van der Waals surface area contributed by atoms with Gasteiger partial charge < -0.3 is 10.6 Å². The van der Waals surface area contributed by atoms with Crippen molar-refractivity contribution in [3.05, 3.63) is 34.9 Å². The molecule has 0 amide bonds. The maximum Gasteiger partial charge on any atom is 0.0450 e. The van der Waals surface area contributed by atoms with Crippen LogP contribution in [0.25, 0.3) is 0 Å². The predicted octanol–water partition coefficient (Wildman–Crippen LogP) is 2.82. The van der Waals surface area contributed by atoms with E-state index in [9.17, 15) is 0 Å². The van der Waals surface area contributed by atoms with Gasteiger partial charge in [-0.2, -0.15) is 0 Å². The van der Waals surface area contributed by atoms with Gasteiger partial charge in [0.05, 0.1) is 0 Å². The van der Waals surface area contributed by atoms with Gasteiger partial charge in [0.1, 0.15) is 0 Å². The molecule has 0 aliphatic rings. The molecule has 0 saturated heterocycles. The Kier molecular flexibility index (Phi) is 5.26. The lowest BCUT2D eigenvalue weighted by molar-refractivity contribution is 0.421. The number of halogens is 1. The van der Waals surface area contributed by atoms with E-state index in [0.717, 1.165) is 30.2 Å². The molecule has 0 unspecified atom stereocenters. The number of hydrogen-bond acceptors (Lipinski definition) is 2. The van der Waals surface area contributed by atoms with Crippen LogP contribution in [0.2, 0.25) is 5.02 Å². The van der Waals surface area contributed by atoms with E-state index >= 15 is 0 Å². The zero-order valence-corrected chi connectivity index (χ0v) is 11.1. The van der Waals surface area contributed by atoms with Crippen LogP contribution in [0.5, 0.6) is 0 Å². The van der Waals surface area contributed by atoms with E-state index in [1.807, 2.05) is 24.3 Å². The van der Waals surface area contributed by atoms with Gasteiger partial charge in [-0.1, -0.05) is 29.8 Å². The number of nitrogens with one attached hydrogen (secondary N) is 2. The topological polar surface area (TPSA) is 24.1 Å². The summed E-state index contributed by atoms with van der Waals surface area (Å²) in [6.45, 7) is 9.24.